The molecule has 3 rings (SSSR count). The Morgan fingerprint density at radius 2 is 2.04 bits per heavy atom. The number of aromatic nitrogens is 1. The van der Waals surface area contributed by atoms with E-state index in [0.29, 0.717) is 11.4 Å². The van der Waals surface area contributed by atoms with Gasteiger partial charge >= 0.3 is 6.61 Å². The minimum Gasteiger partial charge on any atom is -0.435 e. The molecule has 2 amide bonds. The number of anilines is 2. The lowest BCUT2D eigenvalue weighted by Gasteiger charge is -2.15. The van der Waals surface area contributed by atoms with Gasteiger partial charge in [0, 0.05) is 11.9 Å². The van der Waals surface area contributed by atoms with Gasteiger partial charge in [-0.1, -0.05) is 0 Å². The van der Waals surface area contributed by atoms with Gasteiger partial charge in [-0.15, -0.1) is 0 Å². The standard InChI is InChI=1S/C18H13F2N5O3/c1-10-15(16(26)23-11-6-7-22-12(8-11)9-21)17(27)25(24-10)13-2-4-14(5-3-13)28-18(19)20/h2-8,15,18H,1H3,(H,22,23,26). The number of nitriles is 1. The van der Waals surface area contributed by atoms with Crippen LogP contribution in [-0.4, -0.2) is 29.1 Å². The van der Waals surface area contributed by atoms with Crippen molar-refractivity contribution in [2.24, 2.45) is 11.0 Å². The van der Waals surface area contributed by atoms with Crippen LogP contribution in [0.3, 0.4) is 0 Å². The predicted molar refractivity (Wildman–Crippen MR) is 94.7 cm³/mol. The second-order valence-corrected chi connectivity index (χ2v) is 5.73. The summed E-state index contributed by atoms with van der Waals surface area (Å²) in [6.07, 6.45) is 1.36. The van der Waals surface area contributed by atoms with Crippen molar-refractivity contribution in [2.75, 3.05) is 10.3 Å². The molecule has 1 aromatic carbocycles. The zero-order valence-corrected chi connectivity index (χ0v) is 14.5. The van der Waals surface area contributed by atoms with Crippen LogP contribution < -0.4 is 15.1 Å². The maximum absolute atomic E-state index is 12.7. The van der Waals surface area contributed by atoms with Crippen LogP contribution in [0, 0.1) is 17.2 Å². The molecule has 28 heavy (non-hydrogen) atoms. The van der Waals surface area contributed by atoms with E-state index in [4.69, 9.17) is 5.26 Å². The van der Waals surface area contributed by atoms with Crippen molar-refractivity contribution in [1.29, 1.82) is 5.26 Å². The second-order valence-electron chi connectivity index (χ2n) is 5.73. The third-order valence-electron chi connectivity index (χ3n) is 3.84. The molecule has 0 fully saturated rings. The van der Waals surface area contributed by atoms with Crippen molar-refractivity contribution in [3.63, 3.8) is 0 Å². The first kappa shape index (κ1) is 18.9. The number of nitrogens with zero attached hydrogens (tertiary/aromatic N) is 4. The van der Waals surface area contributed by atoms with Gasteiger partial charge in [-0.25, -0.2) is 4.98 Å². The van der Waals surface area contributed by atoms with Gasteiger partial charge in [0.1, 0.15) is 17.5 Å². The monoisotopic (exact) mass is 385 g/mol. The van der Waals surface area contributed by atoms with Crippen molar-refractivity contribution >= 4 is 28.9 Å². The molecule has 2 aromatic rings. The molecule has 1 atom stereocenters. The molecule has 0 spiro atoms. The number of hydrogen-bond donors (Lipinski definition) is 1. The normalized spacial score (nSPS) is 16.0. The number of halogens is 2. The molecule has 2 heterocycles. The van der Waals surface area contributed by atoms with E-state index in [2.05, 4.69) is 20.1 Å². The zero-order chi connectivity index (χ0) is 20.3. The highest BCUT2D eigenvalue weighted by atomic mass is 19.3. The predicted octanol–water partition coefficient (Wildman–Crippen LogP) is 2.53. The molecule has 1 aliphatic rings. The van der Waals surface area contributed by atoms with E-state index in [1.165, 1.54) is 49.5 Å². The Morgan fingerprint density at radius 3 is 2.68 bits per heavy atom. The molecule has 8 nitrogen and oxygen atoms in total. The second kappa shape index (κ2) is 7.79. The summed E-state index contributed by atoms with van der Waals surface area (Å²) in [4.78, 5) is 29.0. The highest BCUT2D eigenvalue weighted by molar-refractivity contribution is 6.28. The molecule has 0 saturated carbocycles. The van der Waals surface area contributed by atoms with E-state index in [-0.39, 0.29) is 17.2 Å². The molecule has 10 heteroatoms. The number of nitrogens with one attached hydrogen (secondary N) is 1. The highest BCUT2D eigenvalue weighted by Crippen LogP contribution is 2.27. The van der Waals surface area contributed by atoms with Crippen LogP contribution in [0.4, 0.5) is 20.2 Å². The number of amides is 2. The topological polar surface area (TPSA) is 108 Å². The number of ether oxygens (including phenoxy) is 1. The molecular weight excluding hydrogens is 372 g/mol. The molecule has 1 N–H and O–H groups in total. The summed E-state index contributed by atoms with van der Waals surface area (Å²) in [6.45, 7) is -1.42. The SMILES string of the molecule is CC1=NN(c2ccc(OC(F)F)cc2)C(=O)C1C(=O)Nc1ccnc(C#N)c1. The average molecular weight is 385 g/mol. The maximum Gasteiger partial charge on any atom is 0.387 e. The maximum atomic E-state index is 12.7. The Labute approximate surface area is 158 Å². The zero-order valence-electron chi connectivity index (χ0n) is 14.5. The summed E-state index contributed by atoms with van der Waals surface area (Å²) in [5, 5.41) is 16.5. The lowest BCUT2D eigenvalue weighted by Crippen LogP contribution is -2.36. The summed E-state index contributed by atoms with van der Waals surface area (Å²) in [6, 6.07) is 10.0. The van der Waals surface area contributed by atoms with Gasteiger partial charge in [0.2, 0.25) is 5.91 Å². The van der Waals surface area contributed by atoms with Crippen LogP contribution >= 0.6 is 0 Å². The van der Waals surface area contributed by atoms with Crippen LogP contribution in [0.15, 0.2) is 47.7 Å². The van der Waals surface area contributed by atoms with Gasteiger partial charge in [0.05, 0.1) is 11.4 Å². The van der Waals surface area contributed by atoms with E-state index in [1.807, 2.05) is 6.07 Å². The van der Waals surface area contributed by atoms with Gasteiger partial charge in [-0.2, -0.15) is 24.2 Å². The van der Waals surface area contributed by atoms with Crippen LogP contribution in [0.5, 0.6) is 5.75 Å². The third-order valence-corrected chi connectivity index (χ3v) is 3.84. The number of rotatable bonds is 5. The van der Waals surface area contributed by atoms with Crippen molar-refractivity contribution in [3.8, 4) is 11.8 Å². The number of carbonyl (C=O) groups excluding carboxylic acids is 2. The van der Waals surface area contributed by atoms with Gasteiger partial charge in [0.15, 0.2) is 5.92 Å². The van der Waals surface area contributed by atoms with Gasteiger partial charge in [0.25, 0.3) is 5.91 Å². The Bertz CT molecular complexity index is 985. The lowest BCUT2D eigenvalue weighted by atomic mass is 10.0. The largest absolute Gasteiger partial charge is 0.435 e. The smallest absolute Gasteiger partial charge is 0.387 e. The van der Waals surface area contributed by atoms with Gasteiger partial charge in [-0.05, 0) is 43.3 Å². The molecule has 142 valence electrons. The summed E-state index contributed by atoms with van der Waals surface area (Å²) >= 11 is 0. The summed E-state index contributed by atoms with van der Waals surface area (Å²) < 4.78 is 28.7. The number of alkyl halides is 2. The Balaban J connectivity index is 1.75. The van der Waals surface area contributed by atoms with Crippen LogP contribution in [0.1, 0.15) is 12.6 Å². The minimum absolute atomic E-state index is 0.0635. The van der Waals surface area contributed by atoms with E-state index >= 15 is 0 Å². The van der Waals surface area contributed by atoms with Gasteiger partial charge < -0.3 is 10.1 Å². The van der Waals surface area contributed by atoms with Crippen LogP contribution in [0.2, 0.25) is 0 Å². The molecule has 0 saturated heterocycles. The van der Waals surface area contributed by atoms with Crippen LogP contribution in [-0.2, 0) is 9.59 Å². The van der Waals surface area contributed by atoms with E-state index in [1.54, 1.807) is 0 Å². The Morgan fingerprint density at radius 1 is 1.32 bits per heavy atom. The first-order chi connectivity index (χ1) is 13.4. The molecule has 0 bridgehead atoms. The number of benzene rings is 1. The van der Waals surface area contributed by atoms with Crippen LogP contribution in [0.25, 0.3) is 0 Å². The number of carbonyl (C=O) groups is 2. The van der Waals surface area contributed by atoms with Crippen molar-refractivity contribution in [1.82, 2.24) is 4.98 Å². The van der Waals surface area contributed by atoms with E-state index < -0.39 is 24.3 Å². The fourth-order valence-corrected chi connectivity index (χ4v) is 2.61. The first-order valence-corrected chi connectivity index (χ1v) is 8.00. The number of hydrogen-bond acceptors (Lipinski definition) is 6. The van der Waals surface area contributed by atoms with E-state index in [9.17, 15) is 18.4 Å². The molecule has 0 aliphatic carbocycles. The number of hydrazone groups is 1. The first-order valence-electron chi connectivity index (χ1n) is 8.00. The molecule has 0 radical (unpaired) electrons. The van der Waals surface area contributed by atoms with Crippen molar-refractivity contribution in [2.45, 2.75) is 13.5 Å². The molecule has 1 aliphatic heterocycles. The summed E-state index contributed by atoms with van der Waals surface area (Å²) in [7, 11) is 0. The van der Waals surface area contributed by atoms with E-state index in [0.717, 1.165) is 5.01 Å². The van der Waals surface area contributed by atoms with Crippen molar-refractivity contribution in [3.05, 3.63) is 48.3 Å². The quantitative estimate of drug-likeness (QED) is 0.796. The minimum atomic E-state index is -2.96. The molecule has 1 aromatic heterocycles. The molecule has 1 unspecified atom stereocenters. The fourth-order valence-electron chi connectivity index (χ4n) is 2.61. The summed E-state index contributed by atoms with van der Waals surface area (Å²) in [5.41, 5.74) is 1.01. The Kier molecular flexibility index (Phi) is 5.26. The summed E-state index contributed by atoms with van der Waals surface area (Å²) in [5.74, 6) is -2.42. The molecular formula is C18H13F2N5O3. The third kappa shape index (κ3) is 3.93. The average Bonchev–Trinajstić information content (AvgIpc) is 2.96. The highest BCUT2D eigenvalue weighted by Gasteiger charge is 2.39. The van der Waals surface area contributed by atoms with Crippen molar-refractivity contribution < 1.29 is 23.1 Å². The number of pyridine rings is 1. The van der Waals surface area contributed by atoms with Gasteiger partial charge in [-0.3, -0.25) is 9.59 Å². The Hall–Kier alpha value is -3.87. The fraction of sp³-hybridized carbons (Fsp3) is 0.167. The lowest BCUT2D eigenvalue weighted by molar-refractivity contribution is -0.127.